The number of ether oxygens (including phenoxy) is 1. The van der Waals surface area contributed by atoms with Crippen molar-refractivity contribution in [3.05, 3.63) is 76.7 Å². The number of carbonyl (C=O) groups is 2. The largest absolute Gasteiger partial charge is 0.465 e. The molecular weight excluding hydrogens is 627 g/mol. The van der Waals surface area contributed by atoms with Crippen LogP contribution in [0.5, 0.6) is 0 Å². The van der Waals surface area contributed by atoms with Gasteiger partial charge in [-0.05, 0) is 63.1 Å². The fourth-order valence-electron chi connectivity index (χ4n) is 5.27. The van der Waals surface area contributed by atoms with Crippen LogP contribution in [-0.4, -0.2) is 78.0 Å². The Balaban J connectivity index is 1.43. The number of piperidine rings is 1. The second-order valence-electron chi connectivity index (χ2n) is 10.4. The van der Waals surface area contributed by atoms with Crippen LogP contribution in [0.4, 0.5) is 11.5 Å². The van der Waals surface area contributed by atoms with E-state index in [0.717, 1.165) is 9.54 Å². The molecule has 2 aromatic carbocycles. The number of anilines is 2. The highest BCUT2D eigenvalue weighted by atomic mass is 35.5. The average Bonchev–Trinajstić information content (AvgIpc) is 3.44. The molecule has 1 atom stereocenters. The van der Waals surface area contributed by atoms with Gasteiger partial charge in [-0.1, -0.05) is 40.9 Å². The number of carbonyl (C=O) groups excluding carboxylic acids is 2. The number of hydrogen-bond acceptors (Lipinski definition) is 9. The van der Waals surface area contributed by atoms with Gasteiger partial charge in [-0.25, -0.2) is 22.4 Å². The second kappa shape index (κ2) is 13.4. The van der Waals surface area contributed by atoms with Gasteiger partial charge >= 0.3 is 5.97 Å². The first-order chi connectivity index (χ1) is 21.1. The summed E-state index contributed by atoms with van der Waals surface area (Å²) in [5.74, 6) is -0.217. The van der Waals surface area contributed by atoms with Crippen LogP contribution in [0.25, 0.3) is 11.0 Å². The standard InChI is InChI=1S/C30H32Cl2N6O5S/c1-3-43-28(40)18-37(24-5-4-11-36(17-24)27(39)16-33-23-14-21(31)13-22(32)15-23)29-26-10-12-38(30(26)35-19-34-29)44(41,42)25-8-6-20(2)7-9-25/h6-10,12-15,19,24,33H,3-5,11,16-18H2,1-2H3/t24-/m1/s1. The minimum absolute atomic E-state index is 0.0265. The van der Waals surface area contributed by atoms with Crippen LogP contribution in [-0.2, 0) is 24.3 Å². The summed E-state index contributed by atoms with van der Waals surface area (Å²) in [4.78, 5) is 38.5. The van der Waals surface area contributed by atoms with E-state index in [1.165, 1.54) is 12.5 Å². The zero-order valence-electron chi connectivity index (χ0n) is 24.2. The molecule has 4 aromatic rings. The molecule has 3 heterocycles. The maximum atomic E-state index is 13.5. The van der Waals surface area contributed by atoms with Gasteiger partial charge in [0.25, 0.3) is 10.0 Å². The molecule has 232 valence electrons. The molecule has 0 bridgehead atoms. The normalized spacial score (nSPS) is 15.3. The Kier molecular flexibility index (Phi) is 9.62. The molecule has 0 saturated carbocycles. The lowest BCUT2D eigenvalue weighted by atomic mass is 10.0. The number of esters is 1. The number of likely N-dealkylation sites (tertiary alicyclic amines) is 1. The highest BCUT2D eigenvalue weighted by molar-refractivity contribution is 7.90. The van der Waals surface area contributed by atoms with E-state index in [9.17, 15) is 18.0 Å². The van der Waals surface area contributed by atoms with Crippen LogP contribution < -0.4 is 10.2 Å². The number of fused-ring (bicyclic) bond motifs is 1. The molecular formula is C30H32Cl2N6O5S. The molecule has 5 rings (SSSR count). The first kappa shape index (κ1) is 31.6. The van der Waals surface area contributed by atoms with E-state index < -0.39 is 16.0 Å². The van der Waals surface area contributed by atoms with Crippen molar-refractivity contribution in [2.75, 3.05) is 43.0 Å². The summed E-state index contributed by atoms with van der Waals surface area (Å²) in [6, 6.07) is 12.9. The summed E-state index contributed by atoms with van der Waals surface area (Å²) in [6.45, 7) is 4.56. The van der Waals surface area contributed by atoms with Crippen LogP contribution in [0.15, 0.2) is 66.0 Å². The van der Waals surface area contributed by atoms with Crippen molar-refractivity contribution < 1.29 is 22.7 Å². The van der Waals surface area contributed by atoms with E-state index in [1.807, 2.05) is 6.92 Å². The predicted molar refractivity (Wildman–Crippen MR) is 170 cm³/mol. The van der Waals surface area contributed by atoms with Gasteiger partial charge in [0.2, 0.25) is 5.91 Å². The first-order valence-electron chi connectivity index (χ1n) is 14.1. The van der Waals surface area contributed by atoms with Gasteiger partial charge in [-0.15, -0.1) is 0 Å². The SMILES string of the molecule is CCOC(=O)CN(c1ncnc2c1ccn2S(=O)(=O)c1ccc(C)cc1)[C@@H]1CCCN(C(=O)CNc2cc(Cl)cc(Cl)c2)C1. The van der Waals surface area contributed by atoms with Crippen molar-refractivity contribution in [2.24, 2.45) is 0 Å². The number of amides is 1. The van der Waals surface area contributed by atoms with Gasteiger partial charge in [0, 0.05) is 41.1 Å². The molecule has 1 N–H and O–H groups in total. The van der Waals surface area contributed by atoms with Gasteiger partial charge in [0.05, 0.1) is 23.4 Å². The molecule has 0 unspecified atom stereocenters. The van der Waals surface area contributed by atoms with Crippen molar-refractivity contribution in [2.45, 2.75) is 37.6 Å². The molecule has 1 saturated heterocycles. The molecule has 1 fully saturated rings. The van der Waals surface area contributed by atoms with Crippen LogP contribution in [0.3, 0.4) is 0 Å². The molecule has 2 aromatic heterocycles. The van der Waals surface area contributed by atoms with E-state index in [-0.39, 0.29) is 42.2 Å². The summed E-state index contributed by atoms with van der Waals surface area (Å²) in [7, 11) is -3.95. The summed E-state index contributed by atoms with van der Waals surface area (Å²) in [6.07, 6.45) is 4.08. The molecule has 0 aliphatic carbocycles. The van der Waals surface area contributed by atoms with E-state index >= 15 is 0 Å². The Hall–Kier alpha value is -3.87. The van der Waals surface area contributed by atoms with Crippen molar-refractivity contribution in [1.29, 1.82) is 0 Å². The van der Waals surface area contributed by atoms with Gasteiger partial charge in [-0.2, -0.15) is 0 Å². The average molecular weight is 660 g/mol. The van der Waals surface area contributed by atoms with Crippen molar-refractivity contribution in [3.63, 3.8) is 0 Å². The lowest BCUT2D eigenvalue weighted by molar-refractivity contribution is -0.141. The van der Waals surface area contributed by atoms with E-state index in [1.54, 1.807) is 65.3 Å². The van der Waals surface area contributed by atoms with E-state index in [0.29, 0.717) is 52.9 Å². The van der Waals surface area contributed by atoms with Gasteiger partial charge in [-0.3, -0.25) is 9.59 Å². The number of hydrogen-bond donors (Lipinski definition) is 1. The summed E-state index contributed by atoms with van der Waals surface area (Å²) in [5, 5.41) is 4.44. The van der Waals surface area contributed by atoms with E-state index in [2.05, 4.69) is 15.3 Å². The van der Waals surface area contributed by atoms with E-state index in [4.69, 9.17) is 27.9 Å². The number of nitrogens with zero attached hydrogens (tertiary/aromatic N) is 5. The second-order valence-corrected chi connectivity index (χ2v) is 13.1. The smallest absolute Gasteiger partial charge is 0.325 e. The third kappa shape index (κ3) is 6.92. The summed E-state index contributed by atoms with van der Waals surface area (Å²) in [5.41, 5.74) is 1.74. The van der Waals surface area contributed by atoms with Crippen LogP contribution in [0, 0.1) is 6.92 Å². The molecule has 1 aliphatic heterocycles. The third-order valence-electron chi connectivity index (χ3n) is 7.38. The topological polar surface area (TPSA) is 127 Å². The number of aromatic nitrogens is 3. The van der Waals surface area contributed by atoms with Gasteiger partial charge < -0.3 is 19.9 Å². The van der Waals surface area contributed by atoms with Gasteiger partial charge in [0.1, 0.15) is 18.7 Å². The van der Waals surface area contributed by atoms with Gasteiger partial charge in [0.15, 0.2) is 5.65 Å². The fraction of sp³-hybridized carbons (Fsp3) is 0.333. The summed E-state index contributed by atoms with van der Waals surface area (Å²) < 4.78 is 33.5. The van der Waals surface area contributed by atoms with Crippen molar-refractivity contribution in [3.8, 4) is 0 Å². The highest BCUT2D eigenvalue weighted by Gasteiger charge is 2.32. The number of halogens is 2. The quantitative estimate of drug-likeness (QED) is 0.240. The van der Waals surface area contributed by atoms with Crippen LogP contribution in [0.1, 0.15) is 25.3 Å². The minimum Gasteiger partial charge on any atom is -0.465 e. The highest BCUT2D eigenvalue weighted by Crippen LogP contribution is 2.30. The molecule has 44 heavy (non-hydrogen) atoms. The maximum absolute atomic E-state index is 13.5. The summed E-state index contributed by atoms with van der Waals surface area (Å²) >= 11 is 12.2. The Morgan fingerprint density at radius 3 is 2.52 bits per heavy atom. The lowest BCUT2D eigenvalue weighted by Gasteiger charge is -2.39. The minimum atomic E-state index is -3.95. The Bertz CT molecular complexity index is 1760. The third-order valence-corrected chi connectivity index (χ3v) is 9.49. The fourth-order valence-corrected chi connectivity index (χ4v) is 7.09. The zero-order chi connectivity index (χ0) is 31.4. The number of aryl methyl sites for hydroxylation is 1. The number of nitrogens with one attached hydrogen (secondary N) is 1. The van der Waals surface area contributed by atoms with Crippen molar-refractivity contribution in [1.82, 2.24) is 18.8 Å². The van der Waals surface area contributed by atoms with Crippen LogP contribution in [0.2, 0.25) is 10.0 Å². The zero-order valence-corrected chi connectivity index (χ0v) is 26.6. The van der Waals surface area contributed by atoms with Crippen LogP contribution >= 0.6 is 23.2 Å². The lowest BCUT2D eigenvalue weighted by Crippen LogP contribution is -2.52. The maximum Gasteiger partial charge on any atom is 0.325 e. The number of benzene rings is 2. The molecule has 11 nitrogen and oxygen atoms in total. The Labute approximate surface area is 265 Å². The first-order valence-corrected chi connectivity index (χ1v) is 16.3. The predicted octanol–water partition coefficient (Wildman–Crippen LogP) is 4.76. The molecule has 14 heteroatoms. The monoisotopic (exact) mass is 658 g/mol. The molecule has 1 aliphatic rings. The number of rotatable bonds is 10. The molecule has 1 amide bonds. The Morgan fingerprint density at radius 1 is 1.09 bits per heavy atom. The van der Waals surface area contributed by atoms with Crippen molar-refractivity contribution >= 4 is 67.6 Å². The molecule has 0 spiro atoms. The molecule has 0 radical (unpaired) electrons. The Morgan fingerprint density at radius 2 is 1.82 bits per heavy atom.